The van der Waals surface area contributed by atoms with E-state index in [4.69, 9.17) is 5.84 Å². The predicted octanol–water partition coefficient (Wildman–Crippen LogP) is 1.54. The summed E-state index contributed by atoms with van der Waals surface area (Å²) >= 11 is 0. The lowest BCUT2D eigenvalue weighted by Gasteiger charge is -2.13. The van der Waals surface area contributed by atoms with Crippen LogP contribution in [0.25, 0.3) is 0 Å². The first-order chi connectivity index (χ1) is 4.97. The van der Waals surface area contributed by atoms with Crippen molar-refractivity contribution < 1.29 is 0 Å². The van der Waals surface area contributed by atoms with Crippen LogP contribution in [0.3, 0.4) is 0 Å². The van der Waals surface area contributed by atoms with Gasteiger partial charge in [-0.15, -0.1) is 0 Å². The van der Waals surface area contributed by atoms with Gasteiger partial charge >= 0.3 is 0 Å². The summed E-state index contributed by atoms with van der Waals surface area (Å²) < 4.78 is 0. The van der Waals surface area contributed by atoms with Gasteiger partial charge in [-0.3, -0.25) is 5.84 Å². The highest BCUT2D eigenvalue weighted by molar-refractivity contribution is 5.12. The van der Waals surface area contributed by atoms with Crippen LogP contribution in [0.5, 0.6) is 0 Å². The maximum atomic E-state index is 5.64. The SMILES string of the molecule is CC(C)(C)C=C1CCN(N)C1. The molecule has 0 aromatic heterocycles. The van der Waals surface area contributed by atoms with Crippen molar-refractivity contribution in [3.05, 3.63) is 11.6 Å². The van der Waals surface area contributed by atoms with Crippen molar-refractivity contribution in [3.8, 4) is 0 Å². The Kier molecular flexibility index (Phi) is 2.35. The molecule has 0 radical (unpaired) electrons. The van der Waals surface area contributed by atoms with E-state index in [1.807, 2.05) is 5.01 Å². The summed E-state index contributed by atoms with van der Waals surface area (Å²) in [5, 5.41) is 1.87. The Balaban J connectivity index is 2.55. The largest absolute Gasteiger partial charge is 0.268 e. The van der Waals surface area contributed by atoms with E-state index < -0.39 is 0 Å². The maximum Gasteiger partial charge on any atom is 0.0339 e. The van der Waals surface area contributed by atoms with Crippen molar-refractivity contribution in [2.24, 2.45) is 11.3 Å². The van der Waals surface area contributed by atoms with Gasteiger partial charge in [-0.2, -0.15) is 0 Å². The summed E-state index contributed by atoms with van der Waals surface area (Å²) in [6.07, 6.45) is 3.48. The number of hydrogen-bond acceptors (Lipinski definition) is 2. The van der Waals surface area contributed by atoms with Crippen LogP contribution < -0.4 is 5.84 Å². The fourth-order valence-electron chi connectivity index (χ4n) is 1.44. The van der Waals surface area contributed by atoms with Gasteiger partial charge < -0.3 is 0 Å². The van der Waals surface area contributed by atoms with Gasteiger partial charge in [-0.05, 0) is 11.8 Å². The molecule has 0 aliphatic carbocycles. The molecular formula is C9H18N2. The maximum absolute atomic E-state index is 5.64. The van der Waals surface area contributed by atoms with Crippen LogP contribution in [0.4, 0.5) is 0 Å². The van der Waals surface area contributed by atoms with Crippen molar-refractivity contribution in [2.75, 3.05) is 13.1 Å². The van der Waals surface area contributed by atoms with Gasteiger partial charge in [-0.25, -0.2) is 5.01 Å². The Morgan fingerprint density at radius 3 is 2.45 bits per heavy atom. The molecule has 1 fully saturated rings. The summed E-state index contributed by atoms with van der Waals surface area (Å²) in [4.78, 5) is 0. The Bertz CT molecular complexity index is 165. The van der Waals surface area contributed by atoms with Crippen LogP contribution in [-0.4, -0.2) is 18.1 Å². The van der Waals surface area contributed by atoms with Gasteiger partial charge in [0, 0.05) is 13.1 Å². The average molecular weight is 154 g/mol. The summed E-state index contributed by atoms with van der Waals surface area (Å²) in [6.45, 7) is 8.64. The predicted molar refractivity (Wildman–Crippen MR) is 47.9 cm³/mol. The van der Waals surface area contributed by atoms with E-state index in [1.54, 1.807) is 0 Å². The number of hydrogen-bond donors (Lipinski definition) is 1. The number of nitrogens with zero attached hydrogens (tertiary/aromatic N) is 1. The average Bonchev–Trinajstić information content (AvgIpc) is 2.10. The molecule has 0 spiro atoms. The molecule has 1 rings (SSSR count). The third-order valence-corrected chi connectivity index (χ3v) is 1.76. The molecular weight excluding hydrogens is 136 g/mol. The van der Waals surface area contributed by atoms with Crippen LogP contribution >= 0.6 is 0 Å². The van der Waals surface area contributed by atoms with E-state index in [-0.39, 0.29) is 0 Å². The van der Waals surface area contributed by atoms with Gasteiger partial charge in [0.05, 0.1) is 0 Å². The van der Waals surface area contributed by atoms with E-state index >= 15 is 0 Å². The summed E-state index contributed by atoms with van der Waals surface area (Å²) in [5.41, 5.74) is 1.79. The molecule has 1 aliphatic rings. The summed E-state index contributed by atoms with van der Waals surface area (Å²) in [7, 11) is 0. The van der Waals surface area contributed by atoms with Gasteiger partial charge in [0.1, 0.15) is 0 Å². The number of allylic oxidation sites excluding steroid dienone is 1. The first-order valence-corrected chi connectivity index (χ1v) is 4.18. The van der Waals surface area contributed by atoms with E-state index in [0.717, 1.165) is 19.5 Å². The van der Waals surface area contributed by atoms with Crippen LogP contribution in [-0.2, 0) is 0 Å². The highest BCUT2D eigenvalue weighted by atomic mass is 15.4. The van der Waals surface area contributed by atoms with Crippen LogP contribution in [0, 0.1) is 5.41 Å². The normalized spacial score (nSPS) is 24.9. The van der Waals surface area contributed by atoms with Crippen molar-refractivity contribution in [1.29, 1.82) is 0 Å². The van der Waals surface area contributed by atoms with E-state index in [0.29, 0.717) is 5.41 Å². The molecule has 64 valence electrons. The van der Waals surface area contributed by atoms with E-state index in [1.165, 1.54) is 5.57 Å². The van der Waals surface area contributed by atoms with E-state index in [2.05, 4.69) is 26.8 Å². The summed E-state index contributed by atoms with van der Waals surface area (Å²) in [6, 6.07) is 0. The molecule has 2 heteroatoms. The van der Waals surface area contributed by atoms with Gasteiger partial charge in [-0.1, -0.05) is 32.4 Å². The van der Waals surface area contributed by atoms with Gasteiger partial charge in [0.25, 0.3) is 0 Å². The first-order valence-electron chi connectivity index (χ1n) is 4.18. The molecule has 0 saturated carbocycles. The second-order valence-electron chi connectivity index (χ2n) is 4.39. The number of nitrogens with two attached hydrogens (primary N) is 1. The molecule has 0 atom stereocenters. The van der Waals surface area contributed by atoms with Crippen molar-refractivity contribution >= 4 is 0 Å². The first kappa shape index (κ1) is 8.75. The minimum atomic E-state index is 0.306. The molecule has 0 amide bonds. The zero-order valence-corrected chi connectivity index (χ0v) is 7.72. The topological polar surface area (TPSA) is 29.3 Å². The molecule has 2 nitrogen and oxygen atoms in total. The van der Waals surface area contributed by atoms with Crippen LogP contribution in [0.2, 0.25) is 0 Å². The lowest BCUT2D eigenvalue weighted by molar-refractivity contribution is 0.361. The van der Waals surface area contributed by atoms with Crippen LogP contribution in [0.15, 0.2) is 11.6 Å². The third-order valence-electron chi connectivity index (χ3n) is 1.76. The number of rotatable bonds is 0. The molecule has 1 heterocycles. The molecule has 0 bridgehead atoms. The molecule has 11 heavy (non-hydrogen) atoms. The Morgan fingerprint density at radius 2 is 2.09 bits per heavy atom. The fourth-order valence-corrected chi connectivity index (χ4v) is 1.44. The van der Waals surface area contributed by atoms with Crippen LogP contribution in [0.1, 0.15) is 27.2 Å². The smallest absolute Gasteiger partial charge is 0.0339 e. The molecule has 2 N–H and O–H groups in total. The van der Waals surface area contributed by atoms with Gasteiger partial charge in [0.15, 0.2) is 0 Å². The zero-order chi connectivity index (χ0) is 8.48. The second-order valence-corrected chi connectivity index (χ2v) is 4.39. The van der Waals surface area contributed by atoms with E-state index in [9.17, 15) is 0 Å². The Labute approximate surface area is 69.0 Å². The zero-order valence-electron chi connectivity index (χ0n) is 7.72. The molecule has 0 aromatic rings. The van der Waals surface area contributed by atoms with Crippen molar-refractivity contribution in [1.82, 2.24) is 5.01 Å². The fraction of sp³-hybridized carbons (Fsp3) is 0.778. The molecule has 0 aromatic carbocycles. The summed E-state index contributed by atoms with van der Waals surface area (Å²) in [5.74, 6) is 5.64. The Hall–Kier alpha value is -0.340. The number of hydrazine groups is 1. The molecule has 1 saturated heterocycles. The lowest BCUT2D eigenvalue weighted by atomic mass is 9.93. The minimum absolute atomic E-state index is 0.306. The second kappa shape index (κ2) is 2.95. The molecule has 0 unspecified atom stereocenters. The monoisotopic (exact) mass is 154 g/mol. The highest BCUT2D eigenvalue weighted by Crippen LogP contribution is 2.21. The lowest BCUT2D eigenvalue weighted by Crippen LogP contribution is -2.26. The van der Waals surface area contributed by atoms with Crippen molar-refractivity contribution in [3.63, 3.8) is 0 Å². The van der Waals surface area contributed by atoms with Crippen molar-refractivity contribution in [2.45, 2.75) is 27.2 Å². The van der Waals surface area contributed by atoms with Gasteiger partial charge in [0.2, 0.25) is 0 Å². The molecule has 1 aliphatic heterocycles. The highest BCUT2D eigenvalue weighted by Gasteiger charge is 2.15. The Morgan fingerprint density at radius 1 is 1.45 bits per heavy atom. The minimum Gasteiger partial charge on any atom is -0.268 e. The standard InChI is InChI=1S/C9H18N2/c1-9(2,3)6-8-4-5-11(10)7-8/h6H,4-5,7,10H2,1-3H3. The third kappa shape index (κ3) is 3.04. The quantitative estimate of drug-likeness (QED) is 0.423.